The van der Waals surface area contributed by atoms with Gasteiger partial charge in [0.05, 0.1) is 37.5 Å². The lowest BCUT2D eigenvalue weighted by Gasteiger charge is -2.31. The molecule has 0 aliphatic carbocycles. The smallest absolute Gasteiger partial charge is 0.338 e. The number of carbonyl (C=O) groups excluding carboxylic acids is 2. The molecule has 1 saturated heterocycles. The number of nitrogens with one attached hydrogen (secondary N) is 3. The lowest BCUT2D eigenvalue weighted by molar-refractivity contribution is -0.900. The van der Waals surface area contributed by atoms with E-state index in [1.165, 1.54) is 31.3 Å². The zero-order valence-corrected chi connectivity index (χ0v) is 14.9. The molecular weight excluding hydrogens is 318 g/mol. The first-order chi connectivity index (χ1) is 12.1. The van der Waals surface area contributed by atoms with Crippen LogP contribution in [0, 0.1) is 6.92 Å². The maximum Gasteiger partial charge on any atom is 0.338 e. The minimum atomic E-state index is -0.485. The van der Waals surface area contributed by atoms with Gasteiger partial charge in [-0.1, -0.05) is 29.8 Å². The number of quaternary nitrogens is 1. The number of methoxy groups -OCH3 is 1. The van der Waals surface area contributed by atoms with Gasteiger partial charge in [0.15, 0.2) is 0 Å². The minimum absolute atomic E-state index is 0.273. The molecule has 3 rings (SSSR count). The Morgan fingerprint density at radius 1 is 1.20 bits per heavy atom. The average Bonchev–Trinajstić information content (AvgIpc) is 2.62. The van der Waals surface area contributed by atoms with Crippen molar-refractivity contribution in [1.29, 1.82) is 0 Å². The highest BCUT2D eigenvalue weighted by atomic mass is 16.5. The minimum Gasteiger partial charge on any atom is -0.466 e. The number of amides is 2. The van der Waals surface area contributed by atoms with Crippen LogP contribution in [-0.2, 0) is 9.53 Å². The molecular formula is C19H26N3O3+. The third-order valence-corrected chi connectivity index (χ3v) is 4.96. The summed E-state index contributed by atoms with van der Waals surface area (Å²) in [5.41, 5.74) is 3.19. The molecule has 3 N–H and O–H groups in total. The van der Waals surface area contributed by atoms with Crippen molar-refractivity contribution < 1.29 is 19.2 Å². The molecule has 0 saturated carbocycles. The normalized spacial score (nSPS) is 21.5. The van der Waals surface area contributed by atoms with Gasteiger partial charge in [0, 0.05) is 0 Å². The Bertz CT molecular complexity index is 676. The van der Waals surface area contributed by atoms with Gasteiger partial charge >= 0.3 is 12.0 Å². The van der Waals surface area contributed by atoms with Gasteiger partial charge in [-0.2, -0.15) is 0 Å². The van der Waals surface area contributed by atoms with Crippen LogP contribution in [0.1, 0.15) is 36.4 Å². The molecule has 2 heterocycles. The van der Waals surface area contributed by atoms with Crippen molar-refractivity contribution in [1.82, 2.24) is 10.6 Å². The fourth-order valence-corrected chi connectivity index (χ4v) is 3.60. The summed E-state index contributed by atoms with van der Waals surface area (Å²) in [4.78, 5) is 26.1. The monoisotopic (exact) mass is 344 g/mol. The molecule has 0 spiro atoms. The van der Waals surface area contributed by atoms with Gasteiger partial charge in [-0.15, -0.1) is 0 Å². The Morgan fingerprint density at radius 2 is 1.88 bits per heavy atom. The molecule has 1 aromatic carbocycles. The SMILES string of the molecule is COC(=O)C1=C(C[NH+]2CCCCC2)NC(=O)N[C@H]1c1ccc(C)cc1. The predicted octanol–water partition coefficient (Wildman–Crippen LogP) is 0.845. The summed E-state index contributed by atoms with van der Waals surface area (Å²) in [6.07, 6.45) is 3.62. The van der Waals surface area contributed by atoms with Crippen LogP contribution in [0.5, 0.6) is 0 Å². The Balaban J connectivity index is 1.96. The number of esters is 1. The van der Waals surface area contributed by atoms with E-state index in [1.54, 1.807) is 0 Å². The van der Waals surface area contributed by atoms with E-state index in [0.717, 1.165) is 24.2 Å². The van der Waals surface area contributed by atoms with Gasteiger partial charge in [0.2, 0.25) is 0 Å². The second-order valence-electron chi connectivity index (χ2n) is 6.81. The number of piperidine rings is 1. The van der Waals surface area contributed by atoms with E-state index in [2.05, 4.69) is 10.6 Å². The molecule has 1 aromatic rings. The van der Waals surface area contributed by atoms with Gasteiger partial charge in [0.25, 0.3) is 0 Å². The number of hydrogen-bond acceptors (Lipinski definition) is 3. The third kappa shape index (κ3) is 4.02. The van der Waals surface area contributed by atoms with E-state index < -0.39 is 12.0 Å². The molecule has 2 aliphatic rings. The van der Waals surface area contributed by atoms with Gasteiger partial charge in [-0.25, -0.2) is 9.59 Å². The lowest BCUT2D eigenvalue weighted by atomic mass is 9.94. The number of aryl methyl sites for hydroxylation is 1. The maximum atomic E-state index is 12.5. The average molecular weight is 344 g/mol. The highest BCUT2D eigenvalue weighted by Crippen LogP contribution is 2.27. The second kappa shape index (κ2) is 7.70. The van der Waals surface area contributed by atoms with Gasteiger partial charge < -0.3 is 20.3 Å². The van der Waals surface area contributed by atoms with E-state index in [9.17, 15) is 9.59 Å². The van der Waals surface area contributed by atoms with Gasteiger partial charge in [-0.3, -0.25) is 0 Å². The molecule has 1 fully saturated rings. The topological polar surface area (TPSA) is 71.9 Å². The number of carbonyl (C=O) groups is 2. The summed E-state index contributed by atoms with van der Waals surface area (Å²) >= 11 is 0. The third-order valence-electron chi connectivity index (χ3n) is 4.96. The van der Waals surface area contributed by atoms with Crippen LogP contribution in [-0.4, -0.2) is 38.7 Å². The number of benzene rings is 1. The van der Waals surface area contributed by atoms with Crippen molar-refractivity contribution in [2.75, 3.05) is 26.7 Å². The first-order valence-electron chi connectivity index (χ1n) is 8.87. The van der Waals surface area contributed by atoms with E-state index >= 15 is 0 Å². The van der Waals surface area contributed by atoms with Crippen molar-refractivity contribution in [3.8, 4) is 0 Å². The molecule has 0 unspecified atom stereocenters. The Hall–Kier alpha value is -2.34. The van der Waals surface area contributed by atoms with E-state index in [1.807, 2.05) is 31.2 Å². The number of likely N-dealkylation sites (tertiary alicyclic amines) is 1. The zero-order chi connectivity index (χ0) is 17.8. The van der Waals surface area contributed by atoms with Crippen LogP contribution in [0.3, 0.4) is 0 Å². The number of rotatable bonds is 4. The summed E-state index contributed by atoms with van der Waals surface area (Å²) < 4.78 is 5.02. The van der Waals surface area contributed by atoms with Gasteiger partial charge in [-0.05, 0) is 31.7 Å². The molecule has 0 radical (unpaired) electrons. The van der Waals surface area contributed by atoms with Crippen LogP contribution in [0.15, 0.2) is 35.5 Å². The molecule has 0 bridgehead atoms. The van der Waals surface area contributed by atoms with Crippen LogP contribution < -0.4 is 15.5 Å². The van der Waals surface area contributed by atoms with E-state index in [0.29, 0.717) is 17.8 Å². The Labute approximate surface area is 148 Å². The van der Waals surface area contributed by atoms with Crippen molar-refractivity contribution in [2.45, 2.75) is 32.2 Å². The summed E-state index contributed by atoms with van der Waals surface area (Å²) in [5, 5.41) is 5.71. The molecule has 134 valence electrons. The largest absolute Gasteiger partial charge is 0.466 e. The predicted molar refractivity (Wildman–Crippen MR) is 94.0 cm³/mol. The van der Waals surface area contributed by atoms with Crippen molar-refractivity contribution in [3.05, 3.63) is 46.7 Å². The summed E-state index contributed by atoms with van der Waals surface area (Å²) in [7, 11) is 1.38. The van der Waals surface area contributed by atoms with Crippen LogP contribution in [0.2, 0.25) is 0 Å². The maximum absolute atomic E-state index is 12.5. The Morgan fingerprint density at radius 3 is 2.52 bits per heavy atom. The second-order valence-corrected chi connectivity index (χ2v) is 6.81. The molecule has 1 atom stereocenters. The first kappa shape index (κ1) is 17.5. The van der Waals surface area contributed by atoms with E-state index in [-0.39, 0.29) is 6.03 Å². The summed E-state index contributed by atoms with van der Waals surface area (Å²) in [5.74, 6) is -0.399. The van der Waals surface area contributed by atoms with Gasteiger partial charge in [0.1, 0.15) is 6.54 Å². The zero-order valence-electron chi connectivity index (χ0n) is 14.9. The number of ether oxygens (including phenoxy) is 1. The van der Waals surface area contributed by atoms with Crippen molar-refractivity contribution in [2.24, 2.45) is 0 Å². The fourth-order valence-electron chi connectivity index (χ4n) is 3.60. The van der Waals surface area contributed by atoms with Crippen LogP contribution >= 0.6 is 0 Å². The quantitative estimate of drug-likeness (QED) is 0.709. The standard InChI is InChI=1S/C19H25N3O3/c1-13-6-8-14(9-7-13)17-16(18(23)25-2)15(20-19(24)21-17)12-22-10-4-3-5-11-22/h6-9,17H,3-5,10-12H2,1-2H3,(H2,20,21,24)/p+1/t17-/m0/s1. The molecule has 2 aliphatic heterocycles. The summed E-state index contributed by atoms with van der Waals surface area (Å²) in [6, 6.07) is 7.09. The van der Waals surface area contributed by atoms with Crippen molar-refractivity contribution in [3.63, 3.8) is 0 Å². The highest BCUT2D eigenvalue weighted by Gasteiger charge is 2.35. The number of urea groups is 1. The molecule has 0 aromatic heterocycles. The summed E-state index contributed by atoms with van der Waals surface area (Å²) in [6.45, 7) is 4.78. The van der Waals surface area contributed by atoms with Crippen LogP contribution in [0.4, 0.5) is 4.79 Å². The Kier molecular flexibility index (Phi) is 5.38. The fraction of sp³-hybridized carbons (Fsp3) is 0.474. The molecule has 6 heteroatoms. The molecule has 6 nitrogen and oxygen atoms in total. The molecule has 25 heavy (non-hydrogen) atoms. The first-order valence-corrected chi connectivity index (χ1v) is 8.87. The number of hydrogen-bond donors (Lipinski definition) is 3. The van der Waals surface area contributed by atoms with Crippen molar-refractivity contribution >= 4 is 12.0 Å². The highest BCUT2D eigenvalue weighted by molar-refractivity contribution is 5.95. The lowest BCUT2D eigenvalue weighted by Crippen LogP contribution is -3.13. The molecule has 2 amide bonds. The van der Waals surface area contributed by atoms with E-state index in [4.69, 9.17) is 4.74 Å². The van der Waals surface area contributed by atoms with Crippen LogP contribution in [0.25, 0.3) is 0 Å².